The molecule has 0 aliphatic heterocycles. The number of amidine groups is 1. The summed E-state index contributed by atoms with van der Waals surface area (Å²) in [5.74, 6) is -0.0375. The second kappa shape index (κ2) is 5.72. The Morgan fingerprint density at radius 3 is 2.95 bits per heavy atom. The van der Waals surface area contributed by atoms with E-state index in [9.17, 15) is 8.42 Å². The summed E-state index contributed by atoms with van der Waals surface area (Å²) in [6.45, 7) is 0.0834. The van der Waals surface area contributed by atoms with E-state index < -0.39 is 10.0 Å². The molecular formula is C11H13N5O3S. The maximum Gasteiger partial charge on any atom is 0.243 e. The highest BCUT2D eigenvalue weighted by atomic mass is 32.2. The Hall–Kier alpha value is -2.39. The van der Waals surface area contributed by atoms with Crippen molar-refractivity contribution in [1.82, 2.24) is 14.9 Å². The molecule has 0 spiro atoms. The van der Waals surface area contributed by atoms with Gasteiger partial charge in [-0.05, 0) is 11.6 Å². The summed E-state index contributed by atoms with van der Waals surface area (Å²) >= 11 is 0. The zero-order chi connectivity index (χ0) is 14.6. The van der Waals surface area contributed by atoms with Crippen molar-refractivity contribution in [3.05, 3.63) is 47.8 Å². The number of hydrogen-bond acceptors (Lipinski definition) is 5. The highest BCUT2D eigenvalue weighted by molar-refractivity contribution is 7.89. The molecule has 0 saturated carbocycles. The second-order valence-corrected chi connectivity index (χ2v) is 5.71. The minimum atomic E-state index is -3.61. The standard InChI is InChI=1S/C11H13N5O3S/c12-11(16-17)9-3-1-2-8(4-9)5-15-20(18,19)10-6-13-14-7-10/h1-4,6-7,15,17H,5H2,(H2,12,16)(H,13,14). The molecular weight excluding hydrogens is 282 g/mol. The molecule has 106 valence electrons. The number of aromatic nitrogens is 2. The van der Waals surface area contributed by atoms with Crippen molar-refractivity contribution in [2.45, 2.75) is 11.4 Å². The lowest BCUT2D eigenvalue weighted by Crippen LogP contribution is -2.23. The summed E-state index contributed by atoms with van der Waals surface area (Å²) in [6.07, 6.45) is 2.50. The quantitative estimate of drug-likeness (QED) is 0.266. The number of nitrogens with zero attached hydrogens (tertiary/aromatic N) is 2. The first kappa shape index (κ1) is 14.0. The van der Waals surface area contributed by atoms with E-state index in [4.69, 9.17) is 10.9 Å². The van der Waals surface area contributed by atoms with Gasteiger partial charge in [0, 0.05) is 18.3 Å². The number of benzene rings is 1. The van der Waals surface area contributed by atoms with Crippen LogP contribution in [0.15, 0.2) is 46.7 Å². The normalized spacial score (nSPS) is 12.5. The highest BCUT2D eigenvalue weighted by Crippen LogP contribution is 2.08. The van der Waals surface area contributed by atoms with E-state index in [0.29, 0.717) is 11.1 Å². The molecule has 0 fully saturated rings. The Kier molecular flexibility index (Phi) is 4.01. The minimum Gasteiger partial charge on any atom is -0.409 e. The number of H-pyrrole nitrogens is 1. The van der Waals surface area contributed by atoms with E-state index in [1.54, 1.807) is 24.3 Å². The van der Waals surface area contributed by atoms with Gasteiger partial charge in [0.05, 0.1) is 6.20 Å². The van der Waals surface area contributed by atoms with Gasteiger partial charge in [-0.2, -0.15) is 5.10 Å². The lowest BCUT2D eigenvalue weighted by atomic mass is 10.1. The molecule has 9 heteroatoms. The first-order valence-electron chi connectivity index (χ1n) is 5.58. The fourth-order valence-corrected chi connectivity index (χ4v) is 2.47. The zero-order valence-corrected chi connectivity index (χ0v) is 11.1. The summed E-state index contributed by atoms with van der Waals surface area (Å²) in [5, 5.41) is 17.5. The van der Waals surface area contributed by atoms with Gasteiger partial charge in [-0.15, -0.1) is 0 Å². The lowest BCUT2D eigenvalue weighted by molar-refractivity contribution is 0.318. The molecule has 0 amide bonds. The average Bonchev–Trinajstić information content (AvgIpc) is 3.00. The minimum absolute atomic E-state index is 0.0375. The largest absolute Gasteiger partial charge is 0.409 e. The van der Waals surface area contributed by atoms with Crippen molar-refractivity contribution in [2.75, 3.05) is 0 Å². The van der Waals surface area contributed by atoms with Gasteiger partial charge in [0.2, 0.25) is 10.0 Å². The van der Waals surface area contributed by atoms with Crippen LogP contribution in [0.2, 0.25) is 0 Å². The van der Waals surface area contributed by atoms with Crippen molar-refractivity contribution < 1.29 is 13.6 Å². The van der Waals surface area contributed by atoms with Gasteiger partial charge in [-0.3, -0.25) is 5.10 Å². The molecule has 1 aromatic carbocycles. The van der Waals surface area contributed by atoms with Crippen LogP contribution in [-0.2, 0) is 16.6 Å². The molecule has 0 aliphatic rings. The molecule has 0 saturated heterocycles. The third kappa shape index (κ3) is 3.13. The number of aromatic amines is 1. The topological polar surface area (TPSA) is 133 Å². The van der Waals surface area contributed by atoms with Crippen molar-refractivity contribution in [3.8, 4) is 0 Å². The molecule has 0 atom stereocenters. The second-order valence-electron chi connectivity index (χ2n) is 3.94. The molecule has 0 aliphatic carbocycles. The van der Waals surface area contributed by atoms with E-state index in [1.807, 2.05) is 0 Å². The van der Waals surface area contributed by atoms with Gasteiger partial charge >= 0.3 is 0 Å². The van der Waals surface area contributed by atoms with Crippen LogP contribution >= 0.6 is 0 Å². The molecule has 1 heterocycles. The number of sulfonamides is 1. The molecule has 2 aromatic rings. The predicted octanol–water partition coefficient (Wildman–Crippen LogP) is -0.0173. The van der Waals surface area contributed by atoms with Crippen molar-refractivity contribution >= 4 is 15.9 Å². The van der Waals surface area contributed by atoms with E-state index in [2.05, 4.69) is 20.1 Å². The number of nitrogens with two attached hydrogens (primary N) is 1. The van der Waals surface area contributed by atoms with Crippen LogP contribution in [0.3, 0.4) is 0 Å². The number of nitrogens with one attached hydrogen (secondary N) is 2. The summed E-state index contributed by atoms with van der Waals surface area (Å²) in [6, 6.07) is 6.71. The number of hydrogen-bond donors (Lipinski definition) is 4. The van der Waals surface area contributed by atoms with Crippen LogP contribution in [0, 0.1) is 0 Å². The van der Waals surface area contributed by atoms with Crippen molar-refractivity contribution in [2.24, 2.45) is 10.9 Å². The monoisotopic (exact) mass is 295 g/mol. The van der Waals surface area contributed by atoms with Crippen LogP contribution in [-0.4, -0.2) is 29.7 Å². The summed E-state index contributed by atoms with van der Waals surface area (Å²) < 4.78 is 26.2. The Balaban J connectivity index is 2.12. The average molecular weight is 295 g/mol. The van der Waals surface area contributed by atoms with Gasteiger partial charge in [0.1, 0.15) is 4.90 Å². The predicted molar refractivity (Wildman–Crippen MR) is 71.6 cm³/mol. The van der Waals surface area contributed by atoms with Gasteiger partial charge in [-0.1, -0.05) is 23.4 Å². The summed E-state index contributed by atoms with van der Waals surface area (Å²) in [4.78, 5) is 0.0603. The number of rotatable bonds is 5. The molecule has 20 heavy (non-hydrogen) atoms. The third-order valence-electron chi connectivity index (χ3n) is 2.58. The molecule has 5 N–H and O–H groups in total. The van der Waals surface area contributed by atoms with Crippen LogP contribution < -0.4 is 10.5 Å². The summed E-state index contributed by atoms with van der Waals surface area (Å²) in [5.41, 5.74) is 6.66. The van der Waals surface area contributed by atoms with Crippen LogP contribution in [0.25, 0.3) is 0 Å². The van der Waals surface area contributed by atoms with Gasteiger partial charge < -0.3 is 10.9 Å². The molecule has 2 rings (SSSR count). The Labute approximate surface area is 115 Å². The fraction of sp³-hybridized carbons (Fsp3) is 0.0909. The molecule has 8 nitrogen and oxygen atoms in total. The fourth-order valence-electron chi connectivity index (χ4n) is 1.55. The Bertz CT molecular complexity index is 709. The van der Waals surface area contributed by atoms with Crippen LogP contribution in [0.4, 0.5) is 0 Å². The first-order valence-corrected chi connectivity index (χ1v) is 7.06. The molecule has 0 unspecified atom stereocenters. The van der Waals surface area contributed by atoms with E-state index in [0.717, 1.165) is 0 Å². The zero-order valence-electron chi connectivity index (χ0n) is 10.3. The molecule has 0 radical (unpaired) electrons. The Morgan fingerprint density at radius 1 is 1.50 bits per heavy atom. The highest BCUT2D eigenvalue weighted by Gasteiger charge is 2.14. The number of oxime groups is 1. The maximum absolute atomic E-state index is 11.9. The van der Waals surface area contributed by atoms with E-state index in [-0.39, 0.29) is 17.3 Å². The van der Waals surface area contributed by atoms with Crippen molar-refractivity contribution in [1.29, 1.82) is 0 Å². The molecule has 0 bridgehead atoms. The van der Waals surface area contributed by atoms with Gasteiger partial charge in [-0.25, -0.2) is 13.1 Å². The smallest absolute Gasteiger partial charge is 0.243 e. The van der Waals surface area contributed by atoms with Crippen LogP contribution in [0.1, 0.15) is 11.1 Å². The van der Waals surface area contributed by atoms with E-state index in [1.165, 1.54) is 12.4 Å². The van der Waals surface area contributed by atoms with E-state index >= 15 is 0 Å². The van der Waals surface area contributed by atoms with Gasteiger partial charge in [0.15, 0.2) is 5.84 Å². The van der Waals surface area contributed by atoms with Gasteiger partial charge in [0.25, 0.3) is 0 Å². The molecule has 1 aromatic heterocycles. The van der Waals surface area contributed by atoms with Crippen molar-refractivity contribution in [3.63, 3.8) is 0 Å². The van der Waals surface area contributed by atoms with Crippen LogP contribution in [0.5, 0.6) is 0 Å². The SMILES string of the molecule is NC(=NO)c1cccc(CNS(=O)(=O)c2cn[nH]c2)c1. The Morgan fingerprint density at radius 2 is 2.30 bits per heavy atom. The first-order chi connectivity index (χ1) is 9.53. The summed E-state index contributed by atoms with van der Waals surface area (Å²) in [7, 11) is -3.61. The lowest BCUT2D eigenvalue weighted by Gasteiger charge is -2.06. The maximum atomic E-state index is 11.9. The third-order valence-corrected chi connectivity index (χ3v) is 3.95.